The van der Waals surface area contributed by atoms with Crippen LogP contribution in [0.4, 0.5) is 0 Å². The zero-order valence-corrected chi connectivity index (χ0v) is 9.19. The average molecular weight is 168 g/mol. The van der Waals surface area contributed by atoms with E-state index < -0.39 is 0 Å². The van der Waals surface area contributed by atoms with Crippen molar-refractivity contribution < 1.29 is 0 Å². The van der Waals surface area contributed by atoms with Crippen LogP contribution >= 0.6 is 0 Å². The van der Waals surface area contributed by atoms with E-state index in [1.54, 1.807) is 0 Å². The molecule has 0 aromatic rings. The second-order valence-electron chi connectivity index (χ2n) is 5.25. The van der Waals surface area contributed by atoms with Crippen LogP contribution in [0.25, 0.3) is 0 Å². The molecule has 1 rings (SSSR count). The lowest BCUT2D eigenvalue weighted by Crippen LogP contribution is -2.23. The maximum atomic E-state index is 2.46. The first kappa shape index (κ1) is 10.1. The Hall–Kier alpha value is 0. The van der Waals surface area contributed by atoms with E-state index >= 15 is 0 Å². The Labute approximate surface area is 77.7 Å². The summed E-state index contributed by atoms with van der Waals surface area (Å²) < 4.78 is 0. The van der Waals surface area contributed by atoms with Gasteiger partial charge in [-0.05, 0) is 30.1 Å². The van der Waals surface area contributed by atoms with Gasteiger partial charge >= 0.3 is 0 Å². The summed E-state index contributed by atoms with van der Waals surface area (Å²) in [7, 11) is 0. The van der Waals surface area contributed by atoms with Crippen molar-refractivity contribution in [1.29, 1.82) is 0 Å². The van der Waals surface area contributed by atoms with Crippen LogP contribution in [0.2, 0.25) is 0 Å². The minimum absolute atomic E-state index is 0.634. The normalized spacial score (nSPS) is 30.5. The summed E-state index contributed by atoms with van der Waals surface area (Å²) in [5.41, 5.74) is 0.634. The molecule has 0 N–H and O–H groups in total. The van der Waals surface area contributed by atoms with Crippen molar-refractivity contribution in [2.75, 3.05) is 0 Å². The molecule has 0 saturated heterocycles. The molecular formula is C12H24. The summed E-state index contributed by atoms with van der Waals surface area (Å²) in [6.45, 7) is 9.66. The maximum Gasteiger partial charge on any atom is -0.0323 e. The lowest BCUT2D eigenvalue weighted by molar-refractivity contribution is 0.179. The predicted molar refractivity (Wildman–Crippen MR) is 55.2 cm³/mol. The minimum atomic E-state index is 0.634. The molecule has 12 heavy (non-hydrogen) atoms. The first-order valence-corrected chi connectivity index (χ1v) is 5.58. The highest BCUT2D eigenvalue weighted by Crippen LogP contribution is 2.47. The van der Waals surface area contributed by atoms with Gasteiger partial charge in [0.2, 0.25) is 0 Å². The molecule has 2 atom stereocenters. The smallest absolute Gasteiger partial charge is 0.0323 e. The Morgan fingerprint density at radius 2 is 2.08 bits per heavy atom. The van der Waals surface area contributed by atoms with Gasteiger partial charge in [0.15, 0.2) is 0 Å². The van der Waals surface area contributed by atoms with Gasteiger partial charge in [0.05, 0.1) is 0 Å². The molecule has 0 bridgehead atoms. The highest BCUT2D eigenvalue weighted by molar-refractivity contribution is 4.87. The van der Waals surface area contributed by atoms with Gasteiger partial charge in [0.25, 0.3) is 0 Å². The van der Waals surface area contributed by atoms with Crippen molar-refractivity contribution in [3.63, 3.8) is 0 Å². The molecular weight excluding hydrogens is 144 g/mol. The van der Waals surface area contributed by atoms with Crippen LogP contribution < -0.4 is 0 Å². The van der Waals surface area contributed by atoms with Crippen molar-refractivity contribution in [2.24, 2.45) is 17.3 Å². The Bertz CT molecular complexity index is 135. The fraction of sp³-hybridized carbons (Fsp3) is 1.00. The minimum Gasteiger partial charge on any atom is -0.0654 e. The molecule has 0 nitrogen and oxygen atoms in total. The summed E-state index contributed by atoms with van der Waals surface area (Å²) >= 11 is 0. The van der Waals surface area contributed by atoms with E-state index in [2.05, 4.69) is 27.7 Å². The van der Waals surface area contributed by atoms with Crippen molar-refractivity contribution >= 4 is 0 Å². The molecule has 0 spiro atoms. The van der Waals surface area contributed by atoms with Gasteiger partial charge in [-0.3, -0.25) is 0 Å². The average Bonchev–Trinajstić information content (AvgIpc) is 2.30. The quantitative estimate of drug-likeness (QED) is 0.591. The van der Waals surface area contributed by atoms with Crippen LogP contribution in [0, 0.1) is 17.3 Å². The molecule has 0 aromatic heterocycles. The molecule has 2 unspecified atom stereocenters. The van der Waals surface area contributed by atoms with E-state index in [9.17, 15) is 0 Å². The second kappa shape index (κ2) is 3.81. The van der Waals surface area contributed by atoms with Gasteiger partial charge in [-0.15, -0.1) is 0 Å². The predicted octanol–water partition coefficient (Wildman–Crippen LogP) is 4.25. The summed E-state index contributed by atoms with van der Waals surface area (Å²) in [6, 6.07) is 0. The van der Waals surface area contributed by atoms with Crippen LogP contribution in [-0.4, -0.2) is 0 Å². The van der Waals surface area contributed by atoms with E-state index in [0.29, 0.717) is 5.41 Å². The lowest BCUT2D eigenvalue weighted by atomic mass is 9.74. The van der Waals surface area contributed by atoms with Crippen molar-refractivity contribution in [3.05, 3.63) is 0 Å². The first-order chi connectivity index (χ1) is 5.58. The van der Waals surface area contributed by atoms with E-state index in [4.69, 9.17) is 0 Å². The highest BCUT2D eigenvalue weighted by atomic mass is 14.4. The Kier molecular flexibility index (Phi) is 3.20. The molecule has 0 aliphatic heterocycles. The molecule has 0 amide bonds. The summed E-state index contributed by atoms with van der Waals surface area (Å²) in [6.07, 6.45) is 7.17. The van der Waals surface area contributed by atoms with Gasteiger partial charge in [-0.1, -0.05) is 47.0 Å². The van der Waals surface area contributed by atoms with Crippen molar-refractivity contribution in [1.82, 2.24) is 0 Å². The fourth-order valence-electron chi connectivity index (χ4n) is 3.06. The van der Waals surface area contributed by atoms with E-state index in [1.165, 1.54) is 32.1 Å². The molecule has 0 aromatic carbocycles. The number of hydrogen-bond acceptors (Lipinski definition) is 0. The van der Waals surface area contributed by atoms with Crippen LogP contribution in [-0.2, 0) is 0 Å². The molecule has 72 valence electrons. The van der Waals surface area contributed by atoms with Crippen molar-refractivity contribution in [3.8, 4) is 0 Å². The third-order valence-electron chi connectivity index (χ3n) is 3.77. The third-order valence-corrected chi connectivity index (χ3v) is 3.77. The topological polar surface area (TPSA) is 0 Å². The van der Waals surface area contributed by atoms with E-state index in [-0.39, 0.29) is 0 Å². The molecule has 1 aliphatic carbocycles. The van der Waals surface area contributed by atoms with Crippen LogP contribution in [0.5, 0.6) is 0 Å². The lowest BCUT2D eigenvalue weighted by Gasteiger charge is -2.32. The summed E-state index contributed by atoms with van der Waals surface area (Å²) in [5.74, 6) is 1.95. The molecule has 1 aliphatic rings. The van der Waals surface area contributed by atoms with E-state index in [1.807, 2.05) is 0 Å². The molecule has 1 saturated carbocycles. The van der Waals surface area contributed by atoms with Gasteiger partial charge < -0.3 is 0 Å². The monoisotopic (exact) mass is 168 g/mol. The molecule has 0 radical (unpaired) electrons. The van der Waals surface area contributed by atoms with Crippen LogP contribution in [0.3, 0.4) is 0 Å². The standard InChI is InChI=1S/C12H24/c1-5-7-10(2)11-8-6-9-12(11,3)4/h10-11H,5-9H2,1-4H3. The molecule has 0 heterocycles. The fourth-order valence-corrected chi connectivity index (χ4v) is 3.06. The SMILES string of the molecule is CCCC(C)C1CCCC1(C)C. The second-order valence-corrected chi connectivity index (χ2v) is 5.25. The van der Waals surface area contributed by atoms with Crippen molar-refractivity contribution in [2.45, 2.75) is 59.8 Å². The Balaban J connectivity index is 2.50. The number of hydrogen-bond donors (Lipinski definition) is 0. The molecule has 0 heteroatoms. The summed E-state index contributed by atoms with van der Waals surface area (Å²) in [4.78, 5) is 0. The first-order valence-electron chi connectivity index (χ1n) is 5.58. The molecule has 1 fully saturated rings. The Morgan fingerprint density at radius 1 is 1.42 bits per heavy atom. The van der Waals surface area contributed by atoms with Gasteiger partial charge in [-0.25, -0.2) is 0 Å². The number of rotatable bonds is 3. The van der Waals surface area contributed by atoms with Crippen LogP contribution in [0.15, 0.2) is 0 Å². The third kappa shape index (κ3) is 2.02. The van der Waals surface area contributed by atoms with Gasteiger partial charge in [-0.2, -0.15) is 0 Å². The Morgan fingerprint density at radius 3 is 2.50 bits per heavy atom. The summed E-state index contributed by atoms with van der Waals surface area (Å²) in [5, 5.41) is 0. The zero-order chi connectivity index (χ0) is 9.19. The van der Waals surface area contributed by atoms with Crippen LogP contribution in [0.1, 0.15) is 59.8 Å². The van der Waals surface area contributed by atoms with Gasteiger partial charge in [0, 0.05) is 0 Å². The largest absolute Gasteiger partial charge is 0.0654 e. The van der Waals surface area contributed by atoms with E-state index in [0.717, 1.165) is 11.8 Å². The zero-order valence-electron chi connectivity index (χ0n) is 9.19. The maximum absolute atomic E-state index is 2.46. The highest BCUT2D eigenvalue weighted by Gasteiger charge is 2.36. The van der Waals surface area contributed by atoms with Gasteiger partial charge in [0.1, 0.15) is 0 Å².